The molecule has 0 saturated carbocycles. The van der Waals surface area contributed by atoms with Gasteiger partial charge in [0, 0.05) is 25.1 Å². The molecule has 2 amide bonds. The summed E-state index contributed by atoms with van der Waals surface area (Å²) in [7, 11) is -3.53. The standard InChI is InChI=1S/C20H23N3O4S/c21-19(24)18(14-15-6-2-1-3-7-15)22-20(25)16-8-10-17(11-9-16)28(26,27)23-12-4-5-13-23/h1-3,6-11,18H,4-5,12-14H2,(H2,21,24)(H,22,25)/t18-/m1/s1. The number of rotatable bonds is 7. The quantitative estimate of drug-likeness (QED) is 0.729. The van der Waals surface area contributed by atoms with Crippen LogP contribution in [0.15, 0.2) is 59.5 Å². The summed E-state index contributed by atoms with van der Waals surface area (Å²) < 4.78 is 26.5. The van der Waals surface area contributed by atoms with Gasteiger partial charge in [-0.3, -0.25) is 9.59 Å². The van der Waals surface area contributed by atoms with Crippen molar-refractivity contribution in [2.24, 2.45) is 5.73 Å². The second-order valence-electron chi connectivity index (χ2n) is 6.75. The minimum Gasteiger partial charge on any atom is -0.368 e. The van der Waals surface area contributed by atoms with E-state index < -0.39 is 27.9 Å². The molecule has 1 heterocycles. The molecule has 0 spiro atoms. The van der Waals surface area contributed by atoms with Crippen LogP contribution in [0.1, 0.15) is 28.8 Å². The van der Waals surface area contributed by atoms with Gasteiger partial charge in [0.25, 0.3) is 5.91 Å². The highest BCUT2D eigenvalue weighted by Gasteiger charge is 2.27. The van der Waals surface area contributed by atoms with E-state index >= 15 is 0 Å². The van der Waals surface area contributed by atoms with Crippen LogP contribution in [0.25, 0.3) is 0 Å². The van der Waals surface area contributed by atoms with Crippen LogP contribution < -0.4 is 11.1 Å². The molecule has 2 aromatic carbocycles. The minimum atomic E-state index is -3.53. The van der Waals surface area contributed by atoms with E-state index in [1.807, 2.05) is 30.3 Å². The molecule has 1 saturated heterocycles. The Morgan fingerprint density at radius 3 is 2.18 bits per heavy atom. The van der Waals surface area contributed by atoms with Crippen LogP contribution in [-0.2, 0) is 21.2 Å². The lowest BCUT2D eigenvalue weighted by molar-refractivity contribution is -0.119. The molecule has 1 fully saturated rings. The van der Waals surface area contributed by atoms with Gasteiger partial charge in [0.05, 0.1) is 4.90 Å². The number of carbonyl (C=O) groups is 2. The number of carbonyl (C=O) groups excluding carboxylic acids is 2. The second kappa shape index (κ2) is 8.53. The summed E-state index contributed by atoms with van der Waals surface area (Å²) in [6.45, 7) is 1.04. The van der Waals surface area contributed by atoms with Crippen molar-refractivity contribution in [1.29, 1.82) is 0 Å². The first-order valence-electron chi connectivity index (χ1n) is 9.12. The Kier molecular flexibility index (Phi) is 6.11. The number of sulfonamides is 1. The summed E-state index contributed by atoms with van der Waals surface area (Å²) in [4.78, 5) is 24.4. The lowest BCUT2D eigenvalue weighted by Crippen LogP contribution is -2.45. The summed E-state index contributed by atoms with van der Waals surface area (Å²) >= 11 is 0. The average molecular weight is 401 g/mol. The predicted molar refractivity (Wildman–Crippen MR) is 105 cm³/mol. The van der Waals surface area contributed by atoms with Crippen molar-refractivity contribution in [3.05, 3.63) is 65.7 Å². The van der Waals surface area contributed by atoms with E-state index in [0.717, 1.165) is 18.4 Å². The molecule has 7 nitrogen and oxygen atoms in total. The summed E-state index contributed by atoms with van der Waals surface area (Å²) in [5.74, 6) is -1.12. The Balaban J connectivity index is 1.70. The van der Waals surface area contributed by atoms with Crippen LogP contribution in [0.4, 0.5) is 0 Å². The normalized spacial score (nSPS) is 15.9. The third kappa shape index (κ3) is 4.58. The third-order valence-corrected chi connectivity index (χ3v) is 6.66. The van der Waals surface area contributed by atoms with Crippen LogP contribution in [0.5, 0.6) is 0 Å². The zero-order valence-electron chi connectivity index (χ0n) is 15.4. The number of hydrogen-bond donors (Lipinski definition) is 2. The Bertz CT molecular complexity index is 937. The summed E-state index contributed by atoms with van der Waals surface area (Å²) in [6.07, 6.45) is 1.99. The van der Waals surface area contributed by atoms with Crippen molar-refractivity contribution in [2.45, 2.75) is 30.2 Å². The van der Waals surface area contributed by atoms with Gasteiger partial charge in [-0.2, -0.15) is 4.31 Å². The summed E-state index contributed by atoms with van der Waals surface area (Å²) in [6, 6.07) is 14.1. The lowest BCUT2D eigenvalue weighted by atomic mass is 10.0. The first-order chi connectivity index (χ1) is 13.4. The molecule has 8 heteroatoms. The Labute approximate surface area is 164 Å². The van der Waals surface area contributed by atoms with Gasteiger partial charge >= 0.3 is 0 Å². The maximum absolute atomic E-state index is 12.6. The number of nitrogens with one attached hydrogen (secondary N) is 1. The van der Waals surface area contributed by atoms with E-state index in [0.29, 0.717) is 13.1 Å². The number of nitrogens with zero attached hydrogens (tertiary/aromatic N) is 1. The molecule has 0 unspecified atom stereocenters. The largest absolute Gasteiger partial charge is 0.368 e. The first-order valence-corrected chi connectivity index (χ1v) is 10.6. The zero-order valence-corrected chi connectivity index (χ0v) is 16.2. The fourth-order valence-corrected chi connectivity index (χ4v) is 4.69. The van der Waals surface area contributed by atoms with E-state index in [4.69, 9.17) is 5.73 Å². The SMILES string of the molecule is NC(=O)[C@@H](Cc1ccccc1)NC(=O)c1ccc(S(=O)(=O)N2CCCC2)cc1. The van der Waals surface area contributed by atoms with Crippen molar-refractivity contribution in [3.8, 4) is 0 Å². The van der Waals surface area contributed by atoms with Crippen LogP contribution >= 0.6 is 0 Å². The van der Waals surface area contributed by atoms with E-state index in [1.165, 1.54) is 28.6 Å². The summed E-state index contributed by atoms with van der Waals surface area (Å²) in [5, 5.41) is 2.62. The third-order valence-electron chi connectivity index (χ3n) is 4.75. The van der Waals surface area contributed by atoms with Crippen LogP contribution in [-0.4, -0.2) is 43.7 Å². The molecule has 0 aliphatic carbocycles. The number of primary amides is 1. The number of amides is 2. The fourth-order valence-electron chi connectivity index (χ4n) is 3.17. The van der Waals surface area contributed by atoms with Gasteiger partial charge in [0.2, 0.25) is 15.9 Å². The molecule has 2 aromatic rings. The molecule has 3 rings (SSSR count). The van der Waals surface area contributed by atoms with Crippen LogP contribution in [0.3, 0.4) is 0 Å². The highest BCUT2D eigenvalue weighted by atomic mass is 32.2. The van der Waals surface area contributed by atoms with Gasteiger partial charge < -0.3 is 11.1 Å². The van der Waals surface area contributed by atoms with Crippen molar-refractivity contribution < 1.29 is 18.0 Å². The van der Waals surface area contributed by atoms with Gasteiger partial charge in [0.15, 0.2) is 0 Å². The maximum atomic E-state index is 12.6. The van der Waals surface area contributed by atoms with E-state index in [1.54, 1.807) is 0 Å². The molecule has 3 N–H and O–H groups in total. The molecular weight excluding hydrogens is 378 g/mol. The molecule has 28 heavy (non-hydrogen) atoms. The average Bonchev–Trinajstić information content (AvgIpc) is 3.24. The van der Waals surface area contributed by atoms with Crippen LogP contribution in [0.2, 0.25) is 0 Å². The van der Waals surface area contributed by atoms with E-state index in [-0.39, 0.29) is 16.9 Å². The van der Waals surface area contributed by atoms with Crippen molar-refractivity contribution in [2.75, 3.05) is 13.1 Å². The maximum Gasteiger partial charge on any atom is 0.251 e. The molecule has 148 valence electrons. The molecule has 1 aliphatic rings. The van der Waals surface area contributed by atoms with Crippen LogP contribution in [0, 0.1) is 0 Å². The molecule has 0 bridgehead atoms. The van der Waals surface area contributed by atoms with Crippen molar-refractivity contribution >= 4 is 21.8 Å². The minimum absolute atomic E-state index is 0.154. The van der Waals surface area contributed by atoms with Gasteiger partial charge in [-0.05, 0) is 42.7 Å². The smallest absolute Gasteiger partial charge is 0.251 e. The summed E-state index contributed by atoms with van der Waals surface area (Å²) in [5.41, 5.74) is 6.56. The van der Waals surface area contributed by atoms with Gasteiger partial charge in [-0.1, -0.05) is 30.3 Å². The van der Waals surface area contributed by atoms with E-state index in [9.17, 15) is 18.0 Å². The molecule has 0 radical (unpaired) electrons. The highest BCUT2D eigenvalue weighted by molar-refractivity contribution is 7.89. The first kappa shape index (κ1) is 20.0. The topological polar surface area (TPSA) is 110 Å². The van der Waals surface area contributed by atoms with Gasteiger partial charge in [-0.25, -0.2) is 8.42 Å². The molecule has 1 atom stereocenters. The monoisotopic (exact) mass is 401 g/mol. The Morgan fingerprint density at radius 2 is 1.61 bits per heavy atom. The van der Waals surface area contributed by atoms with Gasteiger partial charge in [0.1, 0.15) is 6.04 Å². The molecule has 1 aliphatic heterocycles. The second-order valence-corrected chi connectivity index (χ2v) is 8.69. The number of benzene rings is 2. The molecule has 0 aromatic heterocycles. The van der Waals surface area contributed by atoms with Gasteiger partial charge in [-0.15, -0.1) is 0 Å². The zero-order chi connectivity index (χ0) is 20.1. The Morgan fingerprint density at radius 1 is 1.00 bits per heavy atom. The van der Waals surface area contributed by atoms with Crippen molar-refractivity contribution in [3.63, 3.8) is 0 Å². The number of nitrogens with two attached hydrogens (primary N) is 1. The fraction of sp³-hybridized carbons (Fsp3) is 0.300. The van der Waals surface area contributed by atoms with Crippen molar-refractivity contribution in [1.82, 2.24) is 9.62 Å². The molecular formula is C20H23N3O4S. The van der Waals surface area contributed by atoms with E-state index in [2.05, 4.69) is 5.32 Å². The Hall–Kier alpha value is -2.71. The lowest BCUT2D eigenvalue weighted by Gasteiger charge is -2.17. The predicted octanol–water partition coefficient (Wildman–Crippen LogP) is 1.30. The highest BCUT2D eigenvalue weighted by Crippen LogP contribution is 2.21. The number of hydrogen-bond acceptors (Lipinski definition) is 4.